The van der Waals surface area contributed by atoms with Crippen molar-refractivity contribution in [3.05, 3.63) is 53.1 Å². The molecule has 0 heterocycles. The predicted molar refractivity (Wildman–Crippen MR) is 103 cm³/mol. The molecule has 0 spiro atoms. The van der Waals surface area contributed by atoms with Crippen molar-refractivity contribution in [3.63, 3.8) is 0 Å². The van der Waals surface area contributed by atoms with Gasteiger partial charge in [0.25, 0.3) is 0 Å². The fourth-order valence-corrected chi connectivity index (χ4v) is 2.70. The summed E-state index contributed by atoms with van der Waals surface area (Å²) < 4.78 is 0. The first-order valence-corrected chi connectivity index (χ1v) is 8.40. The van der Waals surface area contributed by atoms with Crippen molar-refractivity contribution in [2.45, 2.75) is 34.1 Å². The Kier molecular flexibility index (Phi) is 6.17. The Morgan fingerprint density at radius 1 is 0.880 bits per heavy atom. The summed E-state index contributed by atoms with van der Waals surface area (Å²) in [5.74, 6) is -0.154. The summed E-state index contributed by atoms with van der Waals surface area (Å²) in [5.41, 5.74) is 5.63. The van der Waals surface area contributed by atoms with E-state index in [9.17, 15) is 9.59 Å². The fraction of sp³-hybridized carbons (Fsp3) is 0.300. The number of benzene rings is 2. The van der Waals surface area contributed by atoms with Gasteiger partial charge in [0.05, 0.1) is 6.54 Å². The molecule has 3 N–H and O–H groups in total. The molecule has 0 saturated carbocycles. The molecule has 0 fully saturated rings. The molecule has 0 aliphatic rings. The van der Waals surface area contributed by atoms with E-state index in [1.54, 1.807) is 6.92 Å². The van der Waals surface area contributed by atoms with E-state index in [2.05, 4.69) is 28.1 Å². The van der Waals surface area contributed by atoms with E-state index in [4.69, 9.17) is 0 Å². The van der Waals surface area contributed by atoms with Gasteiger partial charge in [0, 0.05) is 23.5 Å². The second kappa shape index (κ2) is 8.33. The first-order chi connectivity index (χ1) is 11.9. The molecule has 5 heteroatoms. The van der Waals surface area contributed by atoms with Crippen LogP contribution in [0, 0.1) is 20.8 Å². The smallest absolute Gasteiger partial charge is 0.243 e. The van der Waals surface area contributed by atoms with Gasteiger partial charge in [-0.05, 0) is 50.1 Å². The van der Waals surface area contributed by atoms with Crippen LogP contribution in [0.15, 0.2) is 36.4 Å². The summed E-state index contributed by atoms with van der Waals surface area (Å²) in [5, 5.41) is 8.84. The van der Waals surface area contributed by atoms with Gasteiger partial charge in [-0.2, -0.15) is 0 Å². The molecule has 2 aromatic rings. The molecule has 2 rings (SSSR count). The van der Waals surface area contributed by atoms with Gasteiger partial charge in [-0.1, -0.05) is 30.7 Å². The first kappa shape index (κ1) is 18.5. The van der Waals surface area contributed by atoms with Crippen LogP contribution in [0.3, 0.4) is 0 Å². The summed E-state index contributed by atoms with van der Waals surface area (Å²) in [6, 6.07) is 11.4. The van der Waals surface area contributed by atoms with Gasteiger partial charge in [-0.3, -0.25) is 9.59 Å². The lowest BCUT2D eigenvalue weighted by Gasteiger charge is -2.14. The Labute approximate surface area is 148 Å². The molecule has 25 heavy (non-hydrogen) atoms. The topological polar surface area (TPSA) is 70.2 Å². The van der Waals surface area contributed by atoms with Gasteiger partial charge in [0.1, 0.15) is 0 Å². The van der Waals surface area contributed by atoms with Crippen molar-refractivity contribution in [2.75, 3.05) is 22.5 Å². The quantitative estimate of drug-likeness (QED) is 0.745. The molecule has 2 amide bonds. The Morgan fingerprint density at radius 2 is 1.52 bits per heavy atom. The van der Waals surface area contributed by atoms with Gasteiger partial charge in [-0.15, -0.1) is 0 Å². The van der Waals surface area contributed by atoms with Crippen LogP contribution in [0.2, 0.25) is 0 Å². The number of amides is 2. The van der Waals surface area contributed by atoms with E-state index in [0.717, 1.165) is 22.5 Å². The van der Waals surface area contributed by atoms with Crippen LogP contribution in [0.4, 0.5) is 17.1 Å². The number of carbonyl (C=O) groups excluding carboxylic acids is 2. The molecule has 0 unspecified atom stereocenters. The molecule has 5 nitrogen and oxygen atoms in total. The van der Waals surface area contributed by atoms with Gasteiger partial charge >= 0.3 is 0 Å². The van der Waals surface area contributed by atoms with Crippen LogP contribution >= 0.6 is 0 Å². The van der Waals surface area contributed by atoms with E-state index in [1.165, 1.54) is 5.56 Å². The summed E-state index contributed by atoms with van der Waals surface area (Å²) >= 11 is 0. The van der Waals surface area contributed by atoms with Crippen LogP contribution in [0.25, 0.3) is 0 Å². The van der Waals surface area contributed by atoms with Crippen LogP contribution in [-0.2, 0) is 9.59 Å². The number of anilines is 3. The van der Waals surface area contributed by atoms with Crippen LogP contribution in [0.1, 0.15) is 30.0 Å². The predicted octanol–water partition coefficient (Wildman–Crippen LogP) is 4.01. The summed E-state index contributed by atoms with van der Waals surface area (Å²) in [4.78, 5) is 23.7. The zero-order valence-corrected chi connectivity index (χ0v) is 15.2. The van der Waals surface area contributed by atoms with Gasteiger partial charge in [0.15, 0.2) is 0 Å². The highest BCUT2D eigenvalue weighted by Crippen LogP contribution is 2.22. The van der Waals surface area contributed by atoms with Crippen LogP contribution in [-0.4, -0.2) is 18.4 Å². The molecule has 132 valence electrons. The monoisotopic (exact) mass is 339 g/mol. The average Bonchev–Trinajstić information content (AvgIpc) is 2.56. The molecule has 0 radical (unpaired) electrons. The highest BCUT2D eigenvalue weighted by molar-refractivity contribution is 5.95. The molecule has 0 atom stereocenters. The SMILES string of the molecule is CCC(=O)Nc1cccc(NCC(=O)Nc2c(C)cc(C)cc2C)c1. The maximum atomic E-state index is 12.2. The maximum Gasteiger partial charge on any atom is 0.243 e. The molecular formula is C20H25N3O2. The standard InChI is InChI=1S/C20H25N3O2/c1-5-18(24)22-17-8-6-7-16(11-17)21-12-19(25)23-20-14(3)9-13(2)10-15(20)4/h6-11,21H,5,12H2,1-4H3,(H,22,24)(H,23,25). The van der Waals surface area contributed by atoms with E-state index >= 15 is 0 Å². The average molecular weight is 339 g/mol. The van der Waals surface area contributed by atoms with E-state index in [-0.39, 0.29) is 18.4 Å². The highest BCUT2D eigenvalue weighted by atomic mass is 16.2. The second-order valence-electron chi connectivity index (χ2n) is 6.16. The maximum absolute atomic E-state index is 12.2. The van der Waals surface area contributed by atoms with Gasteiger partial charge in [0.2, 0.25) is 11.8 Å². The summed E-state index contributed by atoms with van der Waals surface area (Å²) in [6.07, 6.45) is 0.426. The first-order valence-electron chi connectivity index (χ1n) is 8.40. The minimum atomic E-state index is -0.113. The van der Waals surface area contributed by atoms with Crippen molar-refractivity contribution in [1.29, 1.82) is 0 Å². The number of hydrogen-bond donors (Lipinski definition) is 3. The minimum Gasteiger partial charge on any atom is -0.376 e. The Hall–Kier alpha value is -2.82. The molecular weight excluding hydrogens is 314 g/mol. The molecule has 0 saturated heterocycles. The lowest BCUT2D eigenvalue weighted by molar-refractivity contribution is -0.116. The third-order valence-corrected chi connectivity index (χ3v) is 3.86. The Morgan fingerprint density at radius 3 is 2.16 bits per heavy atom. The number of carbonyl (C=O) groups is 2. The van der Waals surface area contributed by atoms with Crippen molar-refractivity contribution >= 4 is 28.9 Å². The van der Waals surface area contributed by atoms with Crippen molar-refractivity contribution in [3.8, 4) is 0 Å². The van der Waals surface area contributed by atoms with Crippen LogP contribution < -0.4 is 16.0 Å². The number of aryl methyl sites for hydroxylation is 3. The minimum absolute atomic E-state index is 0.0415. The third kappa shape index (κ3) is 5.35. The van der Waals surface area contributed by atoms with E-state index in [0.29, 0.717) is 12.1 Å². The molecule has 2 aromatic carbocycles. The lowest BCUT2D eigenvalue weighted by atomic mass is 10.1. The fourth-order valence-electron chi connectivity index (χ4n) is 2.70. The third-order valence-electron chi connectivity index (χ3n) is 3.86. The van der Waals surface area contributed by atoms with Crippen molar-refractivity contribution in [1.82, 2.24) is 0 Å². The molecule has 0 aliphatic carbocycles. The van der Waals surface area contributed by atoms with Crippen LogP contribution in [0.5, 0.6) is 0 Å². The number of hydrogen-bond acceptors (Lipinski definition) is 3. The van der Waals surface area contributed by atoms with Crippen molar-refractivity contribution in [2.24, 2.45) is 0 Å². The molecule has 0 bridgehead atoms. The number of nitrogens with one attached hydrogen (secondary N) is 3. The zero-order valence-electron chi connectivity index (χ0n) is 15.2. The van der Waals surface area contributed by atoms with E-state index < -0.39 is 0 Å². The van der Waals surface area contributed by atoms with Crippen molar-refractivity contribution < 1.29 is 9.59 Å². The number of rotatable bonds is 6. The Bertz CT molecular complexity index is 761. The second-order valence-corrected chi connectivity index (χ2v) is 6.16. The highest BCUT2D eigenvalue weighted by Gasteiger charge is 2.08. The molecule has 0 aliphatic heterocycles. The normalized spacial score (nSPS) is 10.2. The molecule has 0 aromatic heterocycles. The summed E-state index contributed by atoms with van der Waals surface area (Å²) in [6.45, 7) is 7.97. The summed E-state index contributed by atoms with van der Waals surface area (Å²) in [7, 11) is 0. The van der Waals surface area contributed by atoms with E-state index in [1.807, 2.05) is 45.0 Å². The van der Waals surface area contributed by atoms with Gasteiger partial charge in [-0.25, -0.2) is 0 Å². The zero-order chi connectivity index (χ0) is 18.4. The Balaban J connectivity index is 1.96. The largest absolute Gasteiger partial charge is 0.376 e. The lowest BCUT2D eigenvalue weighted by Crippen LogP contribution is -2.22. The van der Waals surface area contributed by atoms with Gasteiger partial charge < -0.3 is 16.0 Å².